The van der Waals surface area contributed by atoms with Gasteiger partial charge in [0, 0.05) is 5.69 Å². The summed E-state index contributed by atoms with van der Waals surface area (Å²) in [7, 11) is 1.31. The van der Waals surface area contributed by atoms with Gasteiger partial charge in [-0.1, -0.05) is 13.0 Å². The lowest BCUT2D eigenvalue weighted by Crippen LogP contribution is -2.37. The fraction of sp³-hybridized carbons (Fsp3) is 0.467. The number of hydrogen-bond donors (Lipinski definition) is 1. The Labute approximate surface area is 124 Å². The van der Waals surface area contributed by atoms with Gasteiger partial charge in [-0.05, 0) is 37.6 Å². The number of nitrogens with zero attached hydrogens (tertiary/aromatic N) is 1. The van der Waals surface area contributed by atoms with Crippen LogP contribution < -0.4 is 5.32 Å². The van der Waals surface area contributed by atoms with Gasteiger partial charge in [-0.25, -0.2) is 4.39 Å². The predicted molar refractivity (Wildman–Crippen MR) is 78.5 cm³/mol. The Morgan fingerprint density at radius 3 is 2.67 bits per heavy atom. The number of methoxy groups -OCH3 is 1. The summed E-state index contributed by atoms with van der Waals surface area (Å²) in [6.07, 6.45) is 0.809. The number of nitrogens with one attached hydrogen (secondary N) is 1. The van der Waals surface area contributed by atoms with Crippen molar-refractivity contribution in [1.29, 1.82) is 0 Å². The molecule has 116 valence electrons. The van der Waals surface area contributed by atoms with Crippen molar-refractivity contribution >= 4 is 17.6 Å². The zero-order valence-corrected chi connectivity index (χ0v) is 12.6. The summed E-state index contributed by atoms with van der Waals surface area (Å²) in [6, 6.07) is 4.21. The average molecular weight is 296 g/mol. The monoisotopic (exact) mass is 296 g/mol. The zero-order chi connectivity index (χ0) is 15.8. The zero-order valence-electron chi connectivity index (χ0n) is 12.6. The Balaban J connectivity index is 2.64. The van der Waals surface area contributed by atoms with E-state index in [0.717, 1.165) is 12.0 Å². The molecule has 0 unspecified atom stereocenters. The standard InChI is InChI=1S/C15H21FN2O3/c1-4-7-18(10-15(20)21-3)9-14(19)17-13-8-12(16)6-5-11(13)2/h5-6,8H,4,7,9-10H2,1-3H3,(H,17,19). The molecule has 0 fully saturated rings. The molecule has 1 aromatic carbocycles. The minimum Gasteiger partial charge on any atom is -0.468 e. The third-order valence-corrected chi connectivity index (χ3v) is 2.96. The molecule has 21 heavy (non-hydrogen) atoms. The number of rotatable bonds is 7. The van der Waals surface area contributed by atoms with E-state index in [-0.39, 0.29) is 19.0 Å². The predicted octanol–water partition coefficient (Wildman–Crippen LogP) is 1.96. The number of hydrogen-bond acceptors (Lipinski definition) is 4. The number of anilines is 1. The van der Waals surface area contributed by atoms with E-state index in [0.29, 0.717) is 12.2 Å². The summed E-state index contributed by atoms with van der Waals surface area (Å²) in [6.45, 7) is 4.45. The van der Waals surface area contributed by atoms with Gasteiger partial charge < -0.3 is 10.1 Å². The second-order valence-corrected chi connectivity index (χ2v) is 4.79. The van der Waals surface area contributed by atoms with Crippen molar-refractivity contribution in [2.45, 2.75) is 20.3 Å². The van der Waals surface area contributed by atoms with Crippen LogP contribution in [0, 0.1) is 12.7 Å². The maximum atomic E-state index is 13.2. The molecule has 0 aliphatic rings. The van der Waals surface area contributed by atoms with E-state index in [1.165, 1.54) is 19.2 Å². The Hall–Kier alpha value is -1.95. The van der Waals surface area contributed by atoms with Crippen molar-refractivity contribution in [3.05, 3.63) is 29.6 Å². The fourth-order valence-electron chi connectivity index (χ4n) is 1.90. The lowest BCUT2D eigenvalue weighted by Gasteiger charge is -2.20. The van der Waals surface area contributed by atoms with Crippen molar-refractivity contribution in [3.63, 3.8) is 0 Å². The van der Waals surface area contributed by atoms with Gasteiger partial charge in [0.25, 0.3) is 0 Å². The first-order chi connectivity index (χ1) is 9.96. The third-order valence-electron chi connectivity index (χ3n) is 2.96. The van der Waals surface area contributed by atoms with Crippen LogP contribution in [0.3, 0.4) is 0 Å². The van der Waals surface area contributed by atoms with Gasteiger partial charge in [0.1, 0.15) is 5.82 Å². The third kappa shape index (κ3) is 5.91. The Morgan fingerprint density at radius 1 is 1.33 bits per heavy atom. The van der Waals surface area contributed by atoms with Gasteiger partial charge in [0.2, 0.25) is 5.91 Å². The fourth-order valence-corrected chi connectivity index (χ4v) is 1.90. The molecule has 5 nitrogen and oxygen atoms in total. The second kappa shape index (κ2) is 8.36. The van der Waals surface area contributed by atoms with Crippen LogP contribution in [0.15, 0.2) is 18.2 Å². The molecule has 1 rings (SSSR count). The summed E-state index contributed by atoms with van der Waals surface area (Å²) in [4.78, 5) is 25.0. The van der Waals surface area contributed by atoms with Gasteiger partial charge >= 0.3 is 5.97 Å². The lowest BCUT2D eigenvalue weighted by molar-refractivity contribution is -0.142. The van der Waals surface area contributed by atoms with Crippen molar-refractivity contribution in [2.24, 2.45) is 0 Å². The highest BCUT2D eigenvalue weighted by molar-refractivity contribution is 5.93. The Morgan fingerprint density at radius 2 is 2.05 bits per heavy atom. The molecule has 0 bridgehead atoms. The Kier molecular flexibility index (Phi) is 6.81. The molecule has 0 heterocycles. The number of ether oxygens (including phenoxy) is 1. The van der Waals surface area contributed by atoms with Gasteiger partial charge in [0.15, 0.2) is 0 Å². The van der Waals surface area contributed by atoms with E-state index < -0.39 is 11.8 Å². The molecule has 1 amide bonds. The van der Waals surface area contributed by atoms with E-state index in [9.17, 15) is 14.0 Å². The maximum Gasteiger partial charge on any atom is 0.319 e. The first-order valence-electron chi connectivity index (χ1n) is 6.81. The van der Waals surface area contributed by atoms with E-state index in [2.05, 4.69) is 10.1 Å². The minimum absolute atomic E-state index is 0.0545. The maximum absolute atomic E-state index is 13.2. The van der Waals surface area contributed by atoms with E-state index >= 15 is 0 Å². The molecule has 0 radical (unpaired) electrons. The smallest absolute Gasteiger partial charge is 0.319 e. The normalized spacial score (nSPS) is 10.5. The molecule has 0 atom stereocenters. The number of halogens is 1. The highest BCUT2D eigenvalue weighted by Crippen LogP contribution is 2.15. The van der Waals surface area contributed by atoms with E-state index in [4.69, 9.17) is 0 Å². The number of aryl methyl sites for hydroxylation is 1. The van der Waals surface area contributed by atoms with Crippen LogP contribution in [0.4, 0.5) is 10.1 Å². The Bertz CT molecular complexity index is 506. The van der Waals surface area contributed by atoms with Crippen LogP contribution in [-0.2, 0) is 14.3 Å². The molecule has 0 aromatic heterocycles. The molecular weight excluding hydrogens is 275 g/mol. The summed E-state index contributed by atoms with van der Waals surface area (Å²) >= 11 is 0. The van der Waals surface area contributed by atoms with Crippen LogP contribution in [0.25, 0.3) is 0 Å². The quantitative estimate of drug-likeness (QED) is 0.781. The first-order valence-corrected chi connectivity index (χ1v) is 6.81. The van der Waals surface area contributed by atoms with Crippen LogP contribution in [-0.4, -0.2) is 43.5 Å². The first kappa shape index (κ1) is 17.1. The van der Waals surface area contributed by atoms with Gasteiger partial charge in [-0.3, -0.25) is 14.5 Å². The average Bonchev–Trinajstić information content (AvgIpc) is 2.42. The molecule has 0 saturated carbocycles. The van der Waals surface area contributed by atoms with Gasteiger partial charge in [-0.2, -0.15) is 0 Å². The molecule has 1 aromatic rings. The molecule has 6 heteroatoms. The van der Waals surface area contributed by atoms with Gasteiger partial charge in [0.05, 0.1) is 20.2 Å². The van der Waals surface area contributed by atoms with E-state index in [1.807, 2.05) is 6.92 Å². The van der Waals surface area contributed by atoms with Crippen molar-refractivity contribution < 1.29 is 18.7 Å². The van der Waals surface area contributed by atoms with E-state index in [1.54, 1.807) is 17.9 Å². The van der Waals surface area contributed by atoms with Gasteiger partial charge in [-0.15, -0.1) is 0 Å². The van der Waals surface area contributed by atoms with Crippen LogP contribution >= 0.6 is 0 Å². The number of amides is 1. The molecule has 1 N–H and O–H groups in total. The SMILES string of the molecule is CCCN(CC(=O)Nc1cc(F)ccc1C)CC(=O)OC. The highest BCUT2D eigenvalue weighted by Gasteiger charge is 2.15. The largest absolute Gasteiger partial charge is 0.468 e. The number of benzene rings is 1. The topological polar surface area (TPSA) is 58.6 Å². The summed E-state index contributed by atoms with van der Waals surface area (Å²) in [5.74, 6) is -1.09. The second-order valence-electron chi connectivity index (χ2n) is 4.79. The molecule has 0 aliphatic carbocycles. The number of esters is 1. The number of carbonyl (C=O) groups is 2. The molecule has 0 aliphatic heterocycles. The molecular formula is C15H21FN2O3. The highest BCUT2D eigenvalue weighted by atomic mass is 19.1. The lowest BCUT2D eigenvalue weighted by atomic mass is 10.2. The molecule has 0 spiro atoms. The summed E-state index contributed by atoms with van der Waals surface area (Å²) < 4.78 is 17.8. The summed E-state index contributed by atoms with van der Waals surface area (Å²) in [5, 5.41) is 2.66. The summed E-state index contributed by atoms with van der Waals surface area (Å²) in [5.41, 5.74) is 1.22. The van der Waals surface area contributed by atoms with Crippen molar-refractivity contribution in [3.8, 4) is 0 Å². The van der Waals surface area contributed by atoms with Crippen LogP contribution in [0.2, 0.25) is 0 Å². The van der Waals surface area contributed by atoms with Crippen molar-refractivity contribution in [1.82, 2.24) is 4.90 Å². The van der Waals surface area contributed by atoms with Crippen molar-refractivity contribution in [2.75, 3.05) is 32.1 Å². The minimum atomic E-state index is -0.407. The van der Waals surface area contributed by atoms with Crippen LogP contribution in [0.5, 0.6) is 0 Å². The molecule has 0 saturated heterocycles. The number of carbonyl (C=O) groups excluding carboxylic acids is 2. The van der Waals surface area contributed by atoms with Crippen LogP contribution in [0.1, 0.15) is 18.9 Å².